The van der Waals surface area contributed by atoms with Crippen LogP contribution in [0.3, 0.4) is 0 Å². The summed E-state index contributed by atoms with van der Waals surface area (Å²) in [7, 11) is 0. The topological polar surface area (TPSA) is 91.0 Å². The molecule has 0 bridgehead atoms. The minimum atomic E-state index is 0.430. The van der Waals surface area contributed by atoms with Gasteiger partial charge in [-0.1, -0.05) is 30.8 Å². The first-order chi connectivity index (χ1) is 8.61. The Morgan fingerprint density at radius 1 is 1.17 bits per heavy atom. The molecule has 0 amide bonds. The molecule has 4 nitrogen and oxygen atoms in total. The maximum Gasteiger partial charge on any atom is 0.124 e. The maximum atomic E-state index is 5.88. The lowest BCUT2D eigenvalue weighted by atomic mass is 9.98. The minimum absolute atomic E-state index is 0.430. The Bertz CT molecular complexity index is 573. The molecule has 92 valence electrons. The zero-order valence-corrected chi connectivity index (χ0v) is 10.1. The van der Waals surface area contributed by atoms with E-state index in [-0.39, 0.29) is 0 Å². The molecule has 2 rings (SSSR count). The summed E-state index contributed by atoms with van der Waals surface area (Å²) in [5, 5.41) is 0. The summed E-state index contributed by atoms with van der Waals surface area (Å²) in [5.41, 5.74) is 21.4. The number of nitrogens with two attached hydrogens (primary N) is 3. The van der Waals surface area contributed by atoms with Crippen LogP contribution in [0.5, 0.6) is 0 Å². The smallest absolute Gasteiger partial charge is 0.124 e. The van der Waals surface area contributed by atoms with Crippen LogP contribution in [0.4, 0.5) is 11.5 Å². The Labute approximate surface area is 106 Å². The average molecular weight is 240 g/mol. The molecule has 6 N–H and O–H groups in total. The van der Waals surface area contributed by atoms with E-state index in [2.05, 4.69) is 11.6 Å². The van der Waals surface area contributed by atoms with Gasteiger partial charge in [-0.15, -0.1) is 0 Å². The van der Waals surface area contributed by atoms with Crippen molar-refractivity contribution >= 4 is 17.1 Å². The Hall–Kier alpha value is -2.33. The molecule has 0 radical (unpaired) electrons. The van der Waals surface area contributed by atoms with Crippen molar-refractivity contribution in [3.63, 3.8) is 0 Å². The summed E-state index contributed by atoms with van der Waals surface area (Å²) >= 11 is 0. The lowest BCUT2D eigenvalue weighted by Gasteiger charge is -2.10. The van der Waals surface area contributed by atoms with Gasteiger partial charge in [0.05, 0.1) is 11.9 Å². The molecule has 0 unspecified atom stereocenters. The molecular weight excluding hydrogens is 224 g/mol. The highest BCUT2D eigenvalue weighted by atomic mass is 14.8. The van der Waals surface area contributed by atoms with Crippen LogP contribution in [-0.4, -0.2) is 4.98 Å². The highest BCUT2D eigenvalue weighted by Gasteiger charge is 2.07. The molecule has 0 aliphatic heterocycles. The first kappa shape index (κ1) is 12.1. The van der Waals surface area contributed by atoms with Gasteiger partial charge in [0.2, 0.25) is 0 Å². The number of pyridine rings is 1. The summed E-state index contributed by atoms with van der Waals surface area (Å²) in [5.74, 6) is 0.430. The van der Waals surface area contributed by atoms with E-state index >= 15 is 0 Å². The van der Waals surface area contributed by atoms with Crippen LogP contribution in [0.2, 0.25) is 0 Å². The SMILES string of the molecule is C=C(c1ccc(CN)cc1)c1cc(N)ncc1N. The van der Waals surface area contributed by atoms with Gasteiger partial charge in [0, 0.05) is 12.1 Å². The van der Waals surface area contributed by atoms with Gasteiger partial charge in [-0.3, -0.25) is 0 Å². The normalized spacial score (nSPS) is 10.3. The predicted octanol–water partition coefficient (Wildman–Crippen LogP) is 1.77. The molecule has 1 aromatic carbocycles. The van der Waals surface area contributed by atoms with E-state index in [0.717, 1.165) is 22.3 Å². The van der Waals surface area contributed by atoms with Crippen LogP contribution in [0.15, 0.2) is 43.1 Å². The van der Waals surface area contributed by atoms with Crippen LogP contribution >= 0.6 is 0 Å². The highest BCUT2D eigenvalue weighted by molar-refractivity contribution is 5.84. The molecule has 0 saturated heterocycles. The fraction of sp³-hybridized carbons (Fsp3) is 0.0714. The number of aromatic nitrogens is 1. The third-order valence-corrected chi connectivity index (χ3v) is 2.82. The second-order valence-corrected chi connectivity index (χ2v) is 4.08. The summed E-state index contributed by atoms with van der Waals surface area (Å²) < 4.78 is 0. The van der Waals surface area contributed by atoms with Crippen molar-refractivity contribution in [1.29, 1.82) is 0 Å². The monoisotopic (exact) mass is 240 g/mol. The average Bonchev–Trinajstić information content (AvgIpc) is 2.41. The van der Waals surface area contributed by atoms with E-state index in [1.165, 1.54) is 0 Å². The molecule has 1 heterocycles. The lowest BCUT2D eigenvalue weighted by molar-refractivity contribution is 1.07. The second-order valence-electron chi connectivity index (χ2n) is 4.08. The van der Waals surface area contributed by atoms with E-state index < -0.39 is 0 Å². The van der Waals surface area contributed by atoms with Gasteiger partial charge in [0.25, 0.3) is 0 Å². The number of nitrogens with zero attached hydrogens (tertiary/aromatic N) is 1. The van der Waals surface area contributed by atoms with Crippen molar-refractivity contribution in [1.82, 2.24) is 4.98 Å². The van der Waals surface area contributed by atoms with Gasteiger partial charge in [-0.05, 0) is 22.8 Å². The van der Waals surface area contributed by atoms with E-state index in [1.807, 2.05) is 24.3 Å². The molecule has 0 aliphatic carbocycles. The number of hydrogen-bond acceptors (Lipinski definition) is 4. The van der Waals surface area contributed by atoms with Gasteiger partial charge in [-0.25, -0.2) is 4.98 Å². The van der Waals surface area contributed by atoms with Crippen molar-refractivity contribution in [3.05, 3.63) is 59.8 Å². The van der Waals surface area contributed by atoms with E-state index in [9.17, 15) is 0 Å². The summed E-state index contributed by atoms with van der Waals surface area (Å²) in [6.07, 6.45) is 1.55. The largest absolute Gasteiger partial charge is 0.397 e. The van der Waals surface area contributed by atoms with Gasteiger partial charge < -0.3 is 17.2 Å². The molecule has 0 atom stereocenters. The summed E-state index contributed by atoms with van der Waals surface area (Å²) in [6, 6.07) is 9.62. The lowest BCUT2D eigenvalue weighted by Crippen LogP contribution is -2.00. The van der Waals surface area contributed by atoms with Crippen LogP contribution in [-0.2, 0) is 6.54 Å². The van der Waals surface area contributed by atoms with Crippen LogP contribution in [0.25, 0.3) is 5.57 Å². The summed E-state index contributed by atoms with van der Waals surface area (Å²) in [6.45, 7) is 4.58. The molecular formula is C14H16N4. The van der Waals surface area contributed by atoms with Crippen molar-refractivity contribution in [2.45, 2.75) is 6.54 Å². The third-order valence-electron chi connectivity index (χ3n) is 2.82. The standard InChI is InChI=1S/C14H16N4/c1-9(11-4-2-10(7-15)3-5-11)12-6-14(17)18-8-13(12)16/h2-6,8H,1,7,15-16H2,(H2,17,18). The summed E-state index contributed by atoms with van der Waals surface area (Å²) in [4.78, 5) is 3.94. The van der Waals surface area contributed by atoms with Crippen molar-refractivity contribution < 1.29 is 0 Å². The number of anilines is 2. The minimum Gasteiger partial charge on any atom is -0.397 e. The maximum absolute atomic E-state index is 5.88. The van der Waals surface area contributed by atoms with E-state index in [1.54, 1.807) is 12.3 Å². The first-order valence-corrected chi connectivity index (χ1v) is 5.61. The third kappa shape index (κ3) is 2.33. The van der Waals surface area contributed by atoms with Gasteiger partial charge in [0.1, 0.15) is 5.82 Å². The Morgan fingerprint density at radius 3 is 2.44 bits per heavy atom. The first-order valence-electron chi connectivity index (χ1n) is 5.61. The zero-order chi connectivity index (χ0) is 13.1. The number of rotatable bonds is 3. The molecule has 0 saturated carbocycles. The van der Waals surface area contributed by atoms with E-state index in [0.29, 0.717) is 18.1 Å². The zero-order valence-electron chi connectivity index (χ0n) is 10.1. The van der Waals surface area contributed by atoms with E-state index in [4.69, 9.17) is 17.2 Å². The molecule has 1 aromatic heterocycles. The molecule has 0 aliphatic rings. The number of benzene rings is 1. The van der Waals surface area contributed by atoms with Crippen LogP contribution in [0.1, 0.15) is 16.7 Å². The molecule has 18 heavy (non-hydrogen) atoms. The van der Waals surface area contributed by atoms with Crippen molar-refractivity contribution in [2.24, 2.45) is 5.73 Å². The van der Waals surface area contributed by atoms with Crippen LogP contribution < -0.4 is 17.2 Å². The molecule has 2 aromatic rings. The fourth-order valence-corrected chi connectivity index (χ4v) is 1.74. The Balaban J connectivity index is 2.38. The number of nitrogen functional groups attached to an aromatic ring is 2. The molecule has 0 fully saturated rings. The number of hydrogen-bond donors (Lipinski definition) is 3. The van der Waals surface area contributed by atoms with Gasteiger partial charge >= 0.3 is 0 Å². The fourth-order valence-electron chi connectivity index (χ4n) is 1.74. The van der Waals surface area contributed by atoms with Crippen molar-refractivity contribution in [3.8, 4) is 0 Å². The Morgan fingerprint density at radius 2 is 1.83 bits per heavy atom. The molecule has 0 spiro atoms. The molecule has 4 heteroatoms. The highest BCUT2D eigenvalue weighted by Crippen LogP contribution is 2.27. The quantitative estimate of drug-likeness (QED) is 0.762. The predicted molar refractivity (Wildman–Crippen MR) is 75.5 cm³/mol. The van der Waals surface area contributed by atoms with Crippen molar-refractivity contribution in [2.75, 3.05) is 11.5 Å². The Kier molecular flexibility index (Phi) is 3.30. The van der Waals surface area contributed by atoms with Gasteiger partial charge in [-0.2, -0.15) is 0 Å². The second kappa shape index (κ2) is 4.89. The van der Waals surface area contributed by atoms with Crippen LogP contribution in [0, 0.1) is 0 Å². The van der Waals surface area contributed by atoms with Gasteiger partial charge in [0.15, 0.2) is 0 Å².